The number of hydrogen-bond donors (Lipinski definition) is 1. The Balaban J connectivity index is 1.92. The second kappa shape index (κ2) is 7.39. The number of methoxy groups -OCH3 is 1. The van der Waals surface area contributed by atoms with Gasteiger partial charge in [-0.1, -0.05) is 37.6 Å². The van der Waals surface area contributed by atoms with Crippen molar-refractivity contribution in [2.45, 2.75) is 51.2 Å². The van der Waals surface area contributed by atoms with E-state index in [-0.39, 0.29) is 5.60 Å². The van der Waals surface area contributed by atoms with Gasteiger partial charge in [0.25, 0.3) is 0 Å². The van der Waals surface area contributed by atoms with Crippen LogP contribution in [-0.2, 0) is 11.2 Å². The van der Waals surface area contributed by atoms with Gasteiger partial charge in [-0.2, -0.15) is 0 Å². The van der Waals surface area contributed by atoms with Crippen molar-refractivity contribution >= 4 is 0 Å². The number of nitrogens with zero attached hydrogens (tertiary/aromatic N) is 1. The Morgan fingerprint density at radius 2 is 2.05 bits per heavy atom. The van der Waals surface area contributed by atoms with Crippen LogP contribution >= 0.6 is 0 Å². The van der Waals surface area contributed by atoms with Gasteiger partial charge in [-0.3, -0.25) is 4.90 Å². The molecule has 0 aliphatic carbocycles. The van der Waals surface area contributed by atoms with E-state index in [2.05, 4.69) is 43.0 Å². The number of benzene rings is 1. The van der Waals surface area contributed by atoms with E-state index in [9.17, 15) is 5.11 Å². The van der Waals surface area contributed by atoms with Gasteiger partial charge in [0.05, 0.1) is 11.7 Å². The number of rotatable bonds is 6. The molecule has 2 unspecified atom stereocenters. The molecule has 1 aliphatic rings. The molecule has 3 heteroatoms. The molecule has 2 rings (SSSR count). The summed E-state index contributed by atoms with van der Waals surface area (Å²) in [5.41, 5.74) is 2.29. The maximum absolute atomic E-state index is 10.5. The third-order valence-corrected chi connectivity index (χ3v) is 4.57. The molecule has 21 heavy (non-hydrogen) atoms. The highest BCUT2D eigenvalue weighted by atomic mass is 16.5. The lowest BCUT2D eigenvalue weighted by atomic mass is 9.94. The number of hydrogen-bond acceptors (Lipinski definition) is 3. The van der Waals surface area contributed by atoms with Crippen molar-refractivity contribution in [3.63, 3.8) is 0 Å². The predicted molar refractivity (Wildman–Crippen MR) is 86.5 cm³/mol. The molecule has 0 radical (unpaired) electrons. The zero-order valence-corrected chi connectivity index (χ0v) is 13.6. The summed E-state index contributed by atoms with van der Waals surface area (Å²) in [7, 11) is 1.78. The summed E-state index contributed by atoms with van der Waals surface area (Å²) in [4.78, 5) is 2.32. The molecular formula is C18H29NO2. The Bertz CT molecular complexity index is 431. The molecule has 3 nitrogen and oxygen atoms in total. The monoisotopic (exact) mass is 291 g/mol. The highest BCUT2D eigenvalue weighted by Gasteiger charge is 2.31. The highest BCUT2D eigenvalue weighted by molar-refractivity contribution is 5.24. The standard InChI is InChI=1S/C18H29NO2/c1-4-6-15-7-9-16(10-8-15)17(20)13-19-12-5-11-18(2,14-19)21-3/h7-10,17,20H,4-6,11-14H2,1-3H3. The van der Waals surface area contributed by atoms with Crippen LogP contribution in [0.2, 0.25) is 0 Å². The van der Waals surface area contributed by atoms with Crippen molar-refractivity contribution in [2.75, 3.05) is 26.7 Å². The minimum atomic E-state index is -0.417. The van der Waals surface area contributed by atoms with Gasteiger partial charge < -0.3 is 9.84 Å². The minimum Gasteiger partial charge on any atom is -0.387 e. The van der Waals surface area contributed by atoms with Gasteiger partial charge >= 0.3 is 0 Å². The first-order valence-corrected chi connectivity index (χ1v) is 8.11. The fraction of sp³-hybridized carbons (Fsp3) is 0.667. The summed E-state index contributed by atoms with van der Waals surface area (Å²) in [6.45, 7) is 6.97. The number of likely N-dealkylation sites (tertiary alicyclic amines) is 1. The quantitative estimate of drug-likeness (QED) is 0.874. The van der Waals surface area contributed by atoms with Gasteiger partial charge in [-0.05, 0) is 43.9 Å². The van der Waals surface area contributed by atoms with Gasteiger partial charge in [-0.15, -0.1) is 0 Å². The van der Waals surface area contributed by atoms with Gasteiger partial charge in [-0.25, -0.2) is 0 Å². The summed E-state index contributed by atoms with van der Waals surface area (Å²) in [6, 6.07) is 8.40. The van der Waals surface area contributed by atoms with Crippen molar-refractivity contribution in [3.05, 3.63) is 35.4 Å². The number of aryl methyl sites for hydroxylation is 1. The van der Waals surface area contributed by atoms with E-state index in [0.29, 0.717) is 6.54 Å². The molecule has 1 N–H and O–H groups in total. The summed E-state index contributed by atoms with van der Waals surface area (Å²) in [5.74, 6) is 0. The zero-order chi connectivity index (χ0) is 15.3. The van der Waals surface area contributed by atoms with Gasteiger partial charge in [0.2, 0.25) is 0 Å². The molecule has 1 aromatic rings. The summed E-state index contributed by atoms with van der Waals surface area (Å²) >= 11 is 0. The van der Waals surface area contributed by atoms with E-state index in [1.807, 2.05) is 0 Å². The van der Waals surface area contributed by atoms with Gasteiger partial charge in [0.1, 0.15) is 0 Å². The molecule has 1 aromatic carbocycles. The van der Waals surface area contributed by atoms with Crippen molar-refractivity contribution in [3.8, 4) is 0 Å². The van der Waals surface area contributed by atoms with Crippen LogP contribution in [0.3, 0.4) is 0 Å². The molecule has 1 aliphatic heterocycles. The number of ether oxygens (including phenoxy) is 1. The number of β-amino-alcohol motifs (C(OH)–C–C–N with tert-alkyl or cyclic N) is 1. The topological polar surface area (TPSA) is 32.7 Å². The highest BCUT2D eigenvalue weighted by Crippen LogP contribution is 2.25. The lowest BCUT2D eigenvalue weighted by Crippen LogP contribution is -2.48. The Hall–Kier alpha value is -0.900. The largest absolute Gasteiger partial charge is 0.387 e. The zero-order valence-electron chi connectivity index (χ0n) is 13.6. The molecule has 0 spiro atoms. The normalized spacial score (nSPS) is 25.0. The van der Waals surface area contributed by atoms with E-state index in [1.54, 1.807) is 7.11 Å². The average Bonchev–Trinajstić information content (AvgIpc) is 2.48. The van der Waals surface area contributed by atoms with Gasteiger partial charge in [0, 0.05) is 20.2 Å². The van der Waals surface area contributed by atoms with Crippen LogP contribution in [0.4, 0.5) is 0 Å². The molecule has 118 valence electrons. The first-order chi connectivity index (χ1) is 10.1. The van der Waals surface area contributed by atoms with E-state index < -0.39 is 6.10 Å². The van der Waals surface area contributed by atoms with Crippen LogP contribution in [0.15, 0.2) is 24.3 Å². The molecule has 1 heterocycles. The second-order valence-corrected chi connectivity index (χ2v) is 6.50. The minimum absolute atomic E-state index is 0.0665. The number of aliphatic hydroxyl groups excluding tert-OH is 1. The van der Waals surface area contributed by atoms with Gasteiger partial charge in [0.15, 0.2) is 0 Å². The molecule has 0 bridgehead atoms. The molecule has 1 saturated heterocycles. The smallest absolute Gasteiger partial charge is 0.0916 e. The van der Waals surface area contributed by atoms with Crippen molar-refractivity contribution in [1.82, 2.24) is 4.90 Å². The predicted octanol–water partition coefficient (Wildman–Crippen LogP) is 3.17. The molecule has 0 amide bonds. The van der Waals surface area contributed by atoms with Crippen LogP contribution in [-0.4, -0.2) is 42.4 Å². The maximum Gasteiger partial charge on any atom is 0.0916 e. The lowest BCUT2D eigenvalue weighted by molar-refractivity contribution is -0.0586. The summed E-state index contributed by atoms with van der Waals surface area (Å²) in [6.07, 6.45) is 4.08. The molecule has 0 saturated carbocycles. The first-order valence-electron chi connectivity index (χ1n) is 8.11. The van der Waals surface area contributed by atoms with Crippen LogP contribution in [0.25, 0.3) is 0 Å². The lowest BCUT2D eigenvalue weighted by Gasteiger charge is -2.40. The Labute approximate surface area is 128 Å². The molecule has 0 aromatic heterocycles. The molecule has 2 atom stereocenters. The Morgan fingerprint density at radius 1 is 1.33 bits per heavy atom. The van der Waals surface area contributed by atoms with Crippen LogP contribution in [0, 0.1) is 0 Å². The van der Waals surface area contributed by atoms with E-state index >= 15 is 0 Å². The van der Waals surface area contributed by atoms with E-state index in [4.69, 9.17) is 4.74 Å². The number of piperidine rings is 1. The third-order valence-electron chi connectivity index (χ3n) is 4.57. The SMILES string of the molecule is CCCc1ccc(C(O)CN2CCCC(C)(OC)C2)cc1. The first kappa shape index (κ1) is 16.5. The van der Waals surface area contributed by atoms with Crippen molar-refractivity contribution in [2.24, 2.45) is 0 Å². The molecule has 1 fully saturated rings. The second-order valence-electron chi connectivity index (χ2n) is 6.50. The van der Waals surface area contributed by atoms with Crippen molar-refractivity contribution < 1.29 is 9.84 Å². The fourth-order valence-corrected chi connectivity index (χ4v) is 3.18. The Kier molecular flexibility index (Phi) is 5.80. The maximum atomic E-state index is 10.5. The average molecular weight is 291 g/mol. The fourth-order valence-electron chi connectivity index (χ4n) is 3.18. The third kappa shape index (κ3) is 4.53. The summed E-state index contributed by atoms with van der Waals surface area (Å²) < 4.78 is 5.62. The van der Waals surface area contributed by atoms with Crippen LogP contribution < -0.4 is 0 Å². The van der Waals surface area contributed by atoms with Crippen LogP contribution in [0.1, 0.15) is 50.3 Å². The van der Waals surface area contributed by atoms with Crippen molar-refractivity contribution in [1.29, 1.82) is 0 Å². The van der Waals surface area contributed by atoms with E-state index in [0.717, 1.165) is 44.3 Å². The molecular weight excluding hydrogens is 262 g/mol. The van der Waals surface area contributed by atoms with Crippen LogP contribution in [0.5, 0.6) is 0 Å². The summed E-state index contributed by atoms with van der Waals surface area (Å²) in [5, 5.41) is 10.5. The Morgan fingerprint density at radius 3 is 2.67 bits per heavy atom. The van der Waals surface area contributed by atoms with E-state index in [1.165, 1.54) is 5.56 Å². The number of aliphatic hydroxyl groups is 1.